The van der Waals surface area contributed by atoms with Gasteiger partial charge in [0.15, 0.2) is 11.2 Å². The van der Waals surface area contributed by atoms with Gasteiger partial charge in [0.25, 0.3) is 5.56 Å². The van der Waals surface area contributed by atoms with Crippen molar-refractivity contribution < 1.29 is 0 Å². The molecule has 0 aliphatic rings. The third-order valence-corrected chi connectivity index (χ3v) is 4.21. The van der Waals surface area contributed by atoms with Gasteiger partial charge in [0.05, 0.1) is 17.7 Å². The second kappa shape index (κ2) is 6.27. The summed E-state index contributed by atoms with van der Waals surface area (Å²) < 4.78 is 0. The van der Waals surface area contributed by atoms with Crippen molar-refractivity contribution in [2.45, 2.75) is 0 Å². The van der Waals surface area contributed by atoms with Crippen molar-refractivity contribution in [3.8, 4) is 22.5 Å². The zero-order valence-corrected chi connectivity index (χ0v) is 14.2. The molecular formula is C18H10Cl2N4O. The lowest BCUT2D eigenvalue weighted by molar-refractivity contribution is 1.11. The number of aromatic nitrogens is 4. The molecule has 0 saturated carbocycles. The predicted octanol–water partition coefficient (Wildman–Crippen LogP) is 4.35. The molecule has 25 heavy (non-hydrogen) atoms. The normalized spacial score (nSPS) is 11.0. The average Bonchev–Trinajstić information content (AvgIpc) is 2.63. The summed E-state index contributed by atoms with van der Waals surface area (Å²) in [4.78, 5) is 27.8. The van der Waals surface area contributed by atoms with Crippen LogP contribution in [0.5, 0.6) is 0 Å². The van der Waals surface area contributed by atoms with Crippen molar-refractivity contribution in [1.29, 1.82) is 0 Å². The van der Waals surface area contributed by atoms with Gasteiger partial charge in [0.1, 0.15) is 0 Å². The molecule has 4 rings (SSSR count). The molecule has 7 heteroatoms. The molecule has 122 valence electrons. The van der Waals surface area contributed by atoms with E-state index in [0.717, 1.165) is 11.1 Å². The maximum Gasteiger partial charge on any atom is 0.278 e. The zero-order valence-electron chi connectivity index (χ0n) is 12.7. The fourth-order valence-corrected chi connectivity index (χ4v) is 2.76. The highest BCUT2D eigenvalue weighted by molar-refractivity contribution is 6.31. The molecule has 0 aliphatic carbocycles. The Kier molecular flexibility index (Phi) is 3.95. The summed E-state index contributed by atoms with van der Waals surface area (Å²) in [6, 6.07) is 14.5. The van der Waals surface area contributed by atoms with Gasteiger partial charge in [-0.2, -0.15) is 0 Å². The molecule has 1 N–H and O–H groups in total. The standard InChI is InChI=1S/C18H10Cl2N4O/c19-12-5-1-10(2-6-12)14-15(11-3-7-13(20)8-4-11)24-17-16(23-14)18(25)22-9-21-17/h1-9H,(H,21,22,24,25). The molecule has 0 fully saturated rings. The van der Waals surface area contributed by atoms with Crippen molar-refractivity contribution in [3.05, 3.63) is 75.3 Å². The number of benzene rings is 2. The van der Waals surface area contributed by atoms with Crippen molar-refractivity contribution >= 4 is 34.4 Å². The van der Waals surface area contributed by atoms with Crippen molar-refractivity contribution in [2.24, 2.45) is 0 Å². The maximum absolute atomic E-state index is 12.1. The Labute approximate surface area is 152 Å². The van der Waals surface area contributed by atoms with Crippen LogP contribution in [-0.2, 0) is 0 Å². The van der Waals surface area contributed by atoms with Crippen LogP contribution < -0.4 is 5.56 Å². The molecule has 0 amide bonds. The molecule has 5 nitrogen and oxygen atoms in total. The van der Waals surface area contributed by atoms with Crippen LogP contribution in [0.3, 0.4) is 0 Å². The molecule has 2 aromatic heterocycles. The molecule has 4 aromatic rings. The molecule has 0 saturated heterocycles. The third kappa shape index (κ3) is 2.99. The first-order chi connectivity index (χ1) is 12.1. The van der Waals surface area contributed by atoms with Crippen LogP contribution >= 0.6 is 23.2 Å². The number of fused-ring (bicyclic) bond motifs is 1. The minimum atomic E-state index is -0.338. The summed E-state index contributed by atoms with van der Waals surface area (Å²) in [7, 11) is 0. The van der Waals surface area contributed by atoms with Crippen molar-refractivity contribution in [3.63, 3.8) is 0 Å². The molecule has 0 unspecified atom stereocenters. The number of hydrogen-bond acceptors (Lipinski definition) is 4. The second-order valence-corrected chi connectivity index (χ2v) is 6.21. The number of halogens is 2. The van der Waals surface area contributed by atoms with Gasteiger partial charge in [-0.3, -0.25) is 4.79 Å². The van der Waals surface area contributed by atoms with Crippen LogP contribution in [0.1, 0.15) is 0 Å². The van der Waals surface area contributed by atoms with E-state index in [4.69, 9.17) is 23.2 Å². The lowest BCUT2D eigenvalue weighted by Crippen LogP contribution is -2.10. The molecule has 0 bridgehead atoms. The number of hydrogen-bond donors (Lipinski definition) is 1. The minimum absolute atomic E-state index is 0.185. The number of aromatic amines is 1. The Morgan fingerprint density at radius 1 is 0.760 bits per heavy atom. The minimum Gasteiger partial charge on any atom is -0.311 e. The first-order valence-electron chi connectivity index (χ1n) is 7.39. The van der Waals surface area contributed by atoms with Gasteiger partial charge >= 0.3 is 0 Å². The van der Waals surface area contributed by atoms with Crippen LogP contribution in [0.25, 0.3) is 33.7 Å². The van der Waals surface area contributed by atoms with Crippen LogP contribution in [0, 0.1) is 0 Å². The highest BCUT2D eigenvalue weighted by Crippen LogP contribution is 2.31. The van der Waals surface area contributed by atoms with Crippen molar-refractivity contribution in [2.75, 3.05) is 0 Å². The SMILES string of the molecule is O=c1[nH]cnc2nc(-c3ccc(Cl)cc3)c(-c3ccc(Cl)cc3)nc12. The Morgan fingerprint density at radius 2 is 1.28 bits per heavy atom. The number of rotatable bonds is 2. The summed E-state index contributed by atoms with van der Waals surface area (Å²) in [5, 5.41) is 1.24. The average molecular weight is 369 g/mol. The van der Waals surface area contributed by atoms with Crippen LogP contribution in [0.15, 0.2) is 59.7 Å². The highest BCUT2D eigenvalue weighted by atomic mass is 35.5. The van der Waals surface area contributed by atoms with E-state index in [1.165, 1.54) is 6.33 Å². The van der Waals surface area contributed by atoms with Gasteiger partial charge < -0.3 is 4.98 Å². The molecule has 2 aromatic carbocycles. The lowest BCUT2D eigenvalue weighted by Gasteiger charge is -2.10. The van der Waals surface area contributed by atoms with E-state index in [2.05, 4.69) is 19.9 Å². The van der Waals surface area contributed by atoms with Gasteiger partial charge in [0, 0.05) is 21.2 Å². The molecule has 0 atom stereocenters. The maximum atomic E-state index is 12.1. The van der Waals surface area contributed by atoms with E-state index in [0.29, 0.717) is 21.4 Å². The predicted molar refractivity (Wildman–Crippen MR) is 98.8 cm³/mol. The largest absolute Gasteiger partial charge is 0.311 e. The lowest BCUT2D eigenvalue weighted by atomic mass is 10.0. The zero-order chi connectivity index (χ0) is 17.4. The van der Waals surface area contributed by atoms with Gasteiger partial charge in [-0.15, -0.1) is 0 Å². The summed E-state index contributed by atoms with van der Waals surface area (Å²) in [6.45, 7) is 0. The fraction of sp³-hybridized carbons (Fsp3) is 0. The topological polar surface area (TPSA) is 71.5 Å². The van der Waals surface area contributed by atoms with Gasteiger partial charge in [-0.25, -0.2) is 15.0 Å². The van der Waals surface area contributed by atoms with E-state index < -0.39 is 0 Å². The number of H-pyrrole nitrogens is 1. The van der Waals surface area contributed by atoms with Crippen LogP contribution in [0.2, 0.25) is 10.0 Å². The van der Waals surface area contributed by atoms with E-state index in [1.54, 1.807) is 24.3 Å². The van der Waals surface area contributed by atoms with Crippen molar-refractivity contribution in [1.82, 2.24) is 19.9 Å². The first kappa shape index (κ1) is 15.7. The summed E-state index contributed by atoms with van der Waals surface area (Å²) in [6.07, 6.45) is 1.31. The molecule has 0 radical (unpaired) electrons. The fourth-order valence-electron chi connectivity index (χ4n) is 2.51. The quantitative estimate of drug-likeness (QED) is 0.570. The van der Waals surface area contributed by atoms with E-state index in [9.17, 15) is 4.79 Å². The summed E-state index contributed by atoms with van der Waals surface area (Å²) >= 11 is 12.0. The number of nitrogens with zero attached hydrogens (tertiary/aromatic N) is 3. The molecule has 0 aliphatic heterocycles. The molecule has 0 spiro atoms. The Bertz CT molecular complexity index is 1120. The smallest absolute Gasteiger partial charge is 0.278 e. The van der Waals surface area contributed by atoms with E-state index in [1.807, 2.05) is 24.3 Å². The van der Waals surface area contributed by atoms with Gasteiger partial charge in [0.2, 0.25) is 0 Å². The Morgan fingerprint density at radius 3 is 1.84 bits per heavy atom. The highest BCUT2D eigenvalue weighted by Gasteiger charge is 2.15. The third-order valence-electron chi connectivity index (χ3n) is 3.71. The molecular weight excluding hydrogens is 359 g/mol. The first-order valence-corrected chi connectivity index (χ1v) is 8.15. The monoisotopic (exact) mass is 368 g/mol. The van der Waals surface area contributed by atoms with E-state index >= 15 is 0 Å². The van der Waals surface area contributed by atoms with Gasteiger partial charge in [-0.1, -0.05) is 47.5 Å². The van der Waals surface area contributed by atoms with Crippen LogP contribution in [0.4, 0.5) is 0 Å². The summed E-state index contributed by atoms with van der Waals surface area (Å²) in [5.74, 6) is 0. The Balaban J connectivity index is 2.04. The van der Waals surface area contributed by atoms with Crippen LogP contribution in [-0.4, -0.2) is 19.9 Å². The second-order valence-electron chi connectivity index (χ2n) is 5.34. The summed E-state index contributed by atoms with van der Waals surface area (Å²) in [5.41, 5.74) is 2.94. The van der Waals surface area contributed by atoms with Gasteiger partial charge in [-0.05, 0) is 24.3 Å². The number of nitrogens with one attached hydrogen (secondary N) is 1. The van der Waals surface area contributed by atoms with E-state index in [-0.39, 0.29) is 16.7 Å². The molecule has 2 heterocycles. The Hall–Kier alpha value is -2.76.